The summed E-state index contributed by atoms with van der Waals surface area (Å²) < 4.78 is 39.8. The molecule has 0 aliphatic heterocycles. The maximum Gasteiger partial charge on any atom is 0.263 e. The number of anilines is 1. The first-order valence-electron chi connectivity index (χ1n) is 9.28. The largest absolute Gasteiger partial charge is 0.490 e. The minimum atomic E-state index is -3.96. The fourth-order valence-corrected chi connectivity index (χ4v) is 5.02. The summed E-state index contributed by atoms with van der Waals surface area (Å²) in [6.07, 6.45) is 0. The summed E-state index contributed by atoms with van der Waals surface area (Å²) in [5, 5.41) is 2.18. The molecule has 2 aromatic heterocycles. The Morgan fingerprint density at radius 1 is 1.00 bits per heavy atom. The van der Waals surface area contributed by atoms with E-state index in [1.54, 1.807) is 25.1 Å². The van der Waals surface area contributed by atoms with Gasteiger partial charge < -0.3 is 9.47 Å². The molecule has 31 heavy (non-hydrogen) atoms. The summed E-state index contributed by atoms with van der Waals surface area (Å²) in [5.74, 6) is 0.794. The lowest BCUT2D eigenvalue weighted by molar-refractivity contribution is 0.213. The standard InChI is InChI=1S/C21H18ClN3O4S2/c1-14-16(22)8-5-9-18(14)31(26,27)25-19-20(23-17-10-13-30-21(17)24-19)29-12-11-28-15-6-3-2-4-7-15/h2-10,13H,11-12H2,1H3,(H,24,25). The number of ether oxygens (including phenoxy) is 2. The van der Waals surface area contributed by atoms with Gasteiger partial charge in [-0.2, -0.15) is 0 Å². The Kier molecular flexibility index (Phi) is 6.26. The van der Waals surface area contributed by atoms with Crippen LogP contribution in [0.25, 0.3) is 10.3 Å². The van der Waals surface area contributed by atoms with E-state index >= 15 is 0 Å². The fraction of sp³-hybridized carbons (Fsp3) is 0.143. The third-order valence-corrected chi connectivity index (χ3v) is 7.02. The third kappa shape index (κ3) is 4.90. The van der Waals surface area contributed by atoms with Crippen LogP contribution < -0.4 is 14.2 Å². The van der Waals surface area contributed by atoms with Crippen molar-refractivity contribution in [2.45, 2.75) is 11.8 Å². The zero-order valence-corrected chi connectivity index (χ0v) is 18.8. The van der Waals surface area contributed by atoms with Crippen LogP contribution in [0.1, 0.15) is 5.56 Å². The SMILES string of the molecule is Cc1c(Cl)cccc1S(=O)(=O)Nc1nc2sccc2nc1OCCOc1ccccc1. The highest BCUT2D eigenvalue weighted by Gasteiger charge is 2.22. The van der Waals surface area contributed by atoms with Gasteiger partial charge in [-0.05, 0) is 48.2 Å². The molecule has 0 atom stereocenters. The number of sulfonamides is 1. The fourth-order valence-electron chi connectivity index (χ4n) is 2.82. The number of nitrogens with one attached hydrogen (secondary N) is 1. The van der Waals surface area contributed by atoms with Crippen LogP contribution in [0.2, 0.25) is 5.02 Å². The number of rotatable bonds is 8. The molecule has 0 amide bonds. The smallest absolute Gasteiger partial charge is 0.263 e. The van der Waals surface area contributed by atoms with Crippen molar-refractivity contribution in [3.63, 3.8) is 0 Å². The van der Waals surface area contributed by atoms with Crippen LogP contribution in [-0.2, 0) is 10.0 Å². The van der Waals surface area contributed by atoms with Gasteiger partial charge in [-0.3, -0.25) is 4.72 Å². The minimum absolute atomic E-state index is 0.00837. The lowest BCUT2D eigenvalue weighted by atomic mass is 10.2. The molecular weight excluding hydrogens is 458 g/mol. The number of benzene rings is 2. The normalized spacial score (nSPS) is 11.4. The van der Waals surface area contributed by atoms with E-state index in [0.29, 0.717) is 26.7 Å². The highest BCUT2D eigenvalue weighted by molar-refractivity contribution is 7.92. The first-order valence-corrected chi connectivity index (χ1v) is 12.0. The van der Waals surface area contributed by atoms with Crippen LogP contribution in [0.15, 0.2) is 64.9 Å². The number of hydrogen-bond acceptors (Lipinski definition) is 7. The van der Waals surface area contributed by atoms with Crippen molar-refractivity contribution in [2.75, 3.05) is 17.9 Å². The maximum absolute atomic E-state index is 13.0. The number of fused-ring (bicyclic) bond motifs is 1. The van der Waals surface area contributed by atoms with Gasteiger partial charge in [0.2, 0.25) is 5.82 Å². The highest BCUT2D eigenvalue weighted by atomic mass is 35.5. The van der Waals surface area contributed by atoms with Crippen molar-refractivity contribution in [3.8, 4) is 11.6 Å². The van der Waals surface area contributed by atoms with Gasteiger partial charge in [0.1, 0.15) is 29.3 Å². The molecule has 0 radical (unpaired) electrons. The predicted octanol–water partition coefficient (Wildman–Crippen LogP) is 4.91. The molecule has 0 aliphatic carbocycles. The molecule has 0 spiro atoms. The van der Waals surface area contributed by atoms with Gasteiger partial charge in [0.25, 0.3) is 15.9 Å². The van der Waals surface area contributed by atoms with E-state index in [2.05, 4.69) is 14.7 Å². The van der Waals surface area contributed by atoms with Crippen molar-refractivity contribution >= 4 is 49.1 Å². The van der Waals surface area contributed by atoms with Crippen LogP contribution in [0.3, 0.4) is 0 Å². The second-order valence-corrected chi connectivity index (χ2v) is 9.42. The predicted molar refractivity (Wildman–Crippen MR) is 122 cm³/mol. The molecule has 1 N–H and O–H groups in total. The second-order valence-electron chi connectivity index (χ2n) is 6.47. The molecule has 4 rings (SSSR count). The Morgan fingerprint density at radius 3 is 2.58 bits per heavy atom. The van der Waals surface area contributed by atoms with E-state index in [-0.39, 0.29) is 29.8 Å². The van der Waals surface area contributed by atoms with Gasteiger partial charge in [0, 0.05) is 5.02 Å². The molecular formula is C21H18ClN3O4S2. The van der Waals surface area contributed by atoms with E-state index in [9.17, 15) is 8.42 Å². The van der Waals surface area contributed by atoms with Gasteiger partial charge in [0.05, 0.1) is 4.90 Å². The Hall–Kier alpha value is -2.88. The summed E-state index contributed by atoms with van der Waals surface area (Å²) in [6.45, 7) is 2.06. The van der Waals surface area contributed by atoms with Crippen LogP contribution in [-0.4, -0.2) is 31.6 Å². The maximum atomic E-state index is 13.0. The zero-order valence-electron chi connectivity index (χ0n) is 16.4. The van der Waals surface area contributed by atoms with Crippen LogP contribution in [0.5, 0.6) is 11.6 Å². The molecule has 160 valence electrons. The number of aromatic nitrogens is 2. The molecule has 0 unspecified atom stereocenters. The van der Waals surface area contributed by atoms with E-state index in [4.69, 9.17) is 21.1 Å². The average Bonchev–Trinajstić information content (AvgIpc) is 3.20. The number of para-hydroxylation sites is 1. The van der Waals surface area contributed by atoms with E-state index in [1.807, 2.05) is 35.7 Å². The summed E-state index contributed by atoms with van der Waals surface area (Å²) in [7, 11) is -3.96. The summed E-state index contributed by atoms with van der Waals surface area (Å²) >= 11 is 7.45. The van der Waals surface area contributed by atoms with Gasteiger partial charge >= 0.3 is 0 Å². The third-order valence-electron chi connectivity index (χ3n) is 4.34. The number of halogens is 1. The van der Waals surface area contributed by atoms with Gasteiger partial charge in [-0.1, -0.05) is 35.9 Å². The molecule has 0 fully saturated rings. The lowest BCUT2D eigenvalue weighted by Gasteiger charge is -2.14. The molecule has 0 aliphatic rings. The molecule has 2 aromatic carbocycles. The first-order chi connectivity index (χ1) is 14.9. The molecule has 0 bridgehead atoms. The van der Waals surface area contributed by atoms with Crippen molar-refractivity contribution < 1.29 is 17.9 Å². The molecule has 4 aromatic rings. The van der Waals surface area contributed by atoms with E-state index in [0.717, 1.165) is 0 Å². The molecule has 2 heterocycles. The van der Waals surface area contributed by atoms with Crippen molar-refractivity contribution in [1.29, 1.82) is 0 Å². The Labute approximate surface area is 188 Å². The van der Waals surface area contributed by atoms with Gasteiger partial charge in [0.15, 0.2) is 0 Å². The van der Waals surface area contributed by atoms with Crippen LogP contribution >= 0.6 is 22.9 Å². The zero-order chi connectivity index (χ0) is 21.8. The number of thiophene rings is 1. The van der Waals surface area contributed by atoms with E-state index in [1.165, 1.54) is 17.4 Å². The topological polar surface area (TPSA) is 90.4 Å². The second kappa shape index (κ2) is 9.09. The quantitative estimate of drug-likeness (QED) is 0.364. The molecule has 0 saturated carbocycles. The van der Waals surface area contributed by atoms with Crippen LogP contribution in [0, 0.1) is 6.92 Å². The molecule has 10 heteroatoms. The van der Waals surface area contributed by atoms with Crippen molar-refractivity contribution in [3.05, 3.63) is 70.6 Å². The van der Waals surface area contributed by atoms with Crippen molar-refractivity contribution in [1.82, 2.24) is 9.97 Å². The number of hydrogen-bond donors (Lipinski definition) is 1. The lowest BCUT2D eigenvalue weighted by Crippen LogP contribution is -2.18. The highest BCUT2D eigenvalue weighted by Crippen LogP contribution is 2.30. The summed E-state index contributed by atoms with van der Waals surface area (Å²) in [4.78, 5) is 9.47. The minimum Gasteiger partial charge on any atom is -0.490 e. The van der Waals surface area contributed by atoms with Gasteiger partial charge in [-0.25, -0.2) is 18.4 Å². The molecule has 7 nitrogen and oxygen atoms in total. The Bertz CT molecular complexity index is 1310. The van der Waals surface area contributed by atoms with Crippen LogP contribution in [0.4, 0.5) is 5.82 Å². The Balaban J connectivity index is 1.57. The summed E-state index contributed by atoms with van der Waals surface area (Å²) in [6, 6.07) is 15.8. The van der Waals surface area contributed by atoms with E-state index < -0.39 is 10.0 Å². The Morgan fingerprint density at radius 2 is 1.77 bits per heavy atom. The van der Waals surface area contributed by atoms with Crippen molar-refractivity contribution in [2.24, 2.45) is 0 Å². The molecule has 0 saturated heterocycles. The number of nitrogens with zero attached hydrogens (tertiary/aromatic N) is 2. The monoisotopic (exact) mass is 475 g/mol. The summed E-state index contributed by atoms with van der Waals surface area (Å²) in [5.41, 5.74) is 1.06. The average molecular weight is 476 g/mol. The van der Waals surface area contributed by atoms with Gasteiger partial charge in [-0.15, -0.1) is 11.3 Å². The first kappa shape index (κ1) is 21.4.